The van der Waals surface area contributed by atoms with Crippen molar-refractivity contribution in [1.29, 1.82) is 0 Å². The molecule has 0 saturated carbocycles. The van der Waals surface area contributed by atoms with E-state index in [2.05, 4.69) is 18.7 Å². The Morgan fingerprint density at radius 3 is 2.56 bits per heavy atom. The molecule has 1 aromatic carbocycles. The Bertz CT molecular complexity index is 372. The molecule has 1 aliphatic rings. The number of aldehydes is 1. The van der Waals surface area contributed by atoms with E-state index in [1.807, 2.05) is 24.3 Å². The number of benzene rings is 1. The summed E-state index contributed by atoms with van der Waals surface area (Å²) in [7, 11) is 0. The van der Waals surface area contributed by atoms with E-state index in [0.29, 0.717) is 12.1 Å². The smallest absolute Gasteiger partial charge is 0.152 e. The topological polar surface area (TPSA) is 29.5 Å². The molecule has 0 spiro atoms. The fraction of sp³-hybridized carbons (Fsp3) is 0.462. The van der Waals surface area contributed by atoms with Gasteiger partial charge in [0.1, 0.15) is 0 Å². The van der Waals surface area contributed by atoms with E-state index < -0.39 is 0 Å². The van der Waals surface area contributed by atoms with Crippen molar-refractivity contribution >= 4 is 12.0 Å². The van der Waals surface area contributed by atoms with Crippen molar-refractivity contribution in [3.8, 4) is 0 Å². The van der Waals surface area contributed by atoms with Gasteiger partial charge in [-0.2, -0.15) is 0 Å². The van der Waals surface area contributed by atoms with Crippen LogP contribution in [-0.2, 0) is 4.74 Å². The summed E-state index contributed by atoms with van der Waals surface area (Å²) in [5, 5.41) is 0. The summed E-state index contributed by atoms with van der Waals surface area (Å²) in [5.41, 5.74) is 1.77. The maximum Gasteiger partial charge on any atom is 0.152 e. The summed E-state index contributed by atoms with van der Waals surface area (Å²) in [5.74, 6) is 0. The normalized spacial score (nSPS) is 15.9. The van der Waals surface area contributed by atoms with Crippen LogP contribution in [0.5, 0.6) is 0 Å². The van der Waals surface area contributed by atoms with E-state index in [0.717, 1.165) is 30.8 Å². The quantitative estimate of drug-likeness (QED) is 0.726. The van der Waals surface area contributed by atoms with Crippen LogP contribution in [0.25, 0.3) is 0 Å². The number of hydrogen-bond donors (Lipinski definition) is 0. The molecule has 0 atom stereocenters. The zero-order valence-corrected chi connectivity index (χ0v) is 9.72. The molecule has 1 aliphatic heterocycles. The molecule has 3 heteroatoms. The third-order valence-electron chi connectivity index (χ3n) is 2.91. The average molecular weight is 219 g/mol. The van der Waals surface area contributed by atoms with Crippen molar-refractivity contribution in [3.63, 3.8) is 0 Å². The first-order valence-corrected chi connectivity index (χ1v) is 5.64. The van der Waals surface area contributed by atoms with Crippen molar-refractivity contribution in [2.75, 3.05) is 18.1 Å². The van der Waals surface area contributed by atoms with Crippen molar-refractivity contribution < 1.29 is 9.53 Å². The molecular formula is C13H17NO2. The van der Waals surface area contributed by atoms with Gasteiger partial charge in [-0.05, 0) is 26.0 Å². The third-order valence-corrected chi connectivity index (χ3v) is 2.91. The molecule has 1 fully saturated rings. The standard InChI is InChI=1S/C13H17NO2/c1-10(2)14(12-8-16-9-12)13-6-4-3-5-11(13)7-15/h3-7,10,12H,8-9H2,1-2H3. The van der Waals surface area contributed by atoms with Crippen LogP contribution in [0.3, 0.4) is 0 Å². The lowest BCUT2D eigenvalue weighted by Gasteiger charge is -2.42. The van der Waals surface area contributed by atoms with Gasteiger partial charge in [0, 0.05) is 17.3 Å². The number of rotatable bonds is 4. The third kappa shape index (κ3) is 1.95. The fourth-order valence-corrected chi connectivity index (χ4v) is 2.10. The van der Waals surface area contributed by atoms with E-state index in [1.165, 1.54) is 0 Å². The minimum Gasteiger partial charge on any atom is -0.377 e. The lowest BCUT2D eigenvalue weighted by molar-refractivity contribution is 0.00574. The lowest BCUT2D eigenvalue weighted by Crippen LogP contribution is -2.52. The Hall–Kier alpha value is -1.35. The van der Waals surface area contributed by atoms with Crippen molar-refractivity contribution in [1.82, 2.24) is 0 Å². The van der Waals surface area contributed by atoms with Gasteiger partial charge in [-0.3, -0.25) is 4.79 Å². The number of para-hydroxylation sites is 1. The van der Waals surface area contributed by atoms with E-state index in [-0.39, 0.29) is 0 Å². The maximum absolute atomic E-state index is 11.0. The highest BCUT2D eigenvalue weighted by Crippen LogP contribution is 2.26. The van der Waals surface area contributed by atoms with Crippen molar-refractivity contribution in [2.24, 2.45) is 0 Å². The molecule has 0 bridgehead atoms. The maximum atomic E-state index is 11.0. The molecule has 3 nitrogen and oxygen atoms in total. The summed E-state index contributed by atoms with van der Waals surface area (Å²) < 4.78 is 5.23. The summed E-state index contributed by atoms with van der Waals surface area (Å²) in [6.45, 7) is 5.79. The van der Waals surface area contributed by atoms with Gasteiger partial charge in [0.25, 0.3) is 0 Å². The Morgan fingerprint density at radius 2 is 2.06 bits per heavy atom. The van der Waals surface area contributed by atoms with Crippen LogP contribution in [-0.4, -0.2) is 31.6 Å². The molecule has 16 heavy (non-hydrogen) atoms. The number of anilines is 1. The molecule has 1 aromatic rings. The van der Waals surface area contributed by atoms with Crippen LogP contribution in [0, 0.1) is 0 Å². The second-order valence-electron chi connectivity index (χ2n) is 4.37. The van der Waals surface area contributed by atoms with Crippen LogP contribution < -0.4 is 4.90 Å². The number of ether oxygens (including phenoxy) is 1. The van der Waals surface area contributed by atoms with Crippen LogP contribution in [0.2, 0.25) is 0 Å². The summed E-state index contributed by atoms with van der Waals surface area (Å²) in [4.78, 5) is 13.3. The summed E-state index contributed by atoms with van der Waals surface area (Å²) in [6, 6.07) is 8.50. The lowest BCUT2D eigenvalue weighted by atomic mass is 10.1. The molecular weight excluding hydrogens is 202 g/mol. The molecule has 0 aromatic heterocycles. The van der Waals surface area contributed by atoms with Crippen molar-refractivity contribution in [2.45, 2.75) is 25.9 Å². The van der Waals surface area contributed by atoms with Crippen LogP contribution in [0.15, 0.2) is 24.3 Å². The predicted octanol–water partition coefficient (Wildman–Crippen LogP) is 2.11. The summed E-state index contributed by atoms with van der Waals surface area (Å²) >= 11 is 0. The van der Waals surface area contributed by atoms with Gasteiger partial charge in [-0.25, -0.2) is 0 Å². The van der Waals surface area contributed by atoms with Gasteiger partial charge in [0.15, 0.2) is 6.29 Å². The fourth-order valence-electron chi connectivity index (χ4n) is 2.10. The van der Waals surface area contributed by atoms with Crippen molar-refractivity contribution in [3.05, 3.63) is 29.8 Å². The molecule has 1 saturated heterocycles. The minimum atomic E-state index is 0.370. The highest BCUT2D eigenvalue weighted by molar-refractivity contribution is 5.84. The first-order chi connectivity index (χ1) is 7.74. The Morgan fingerprint density at radius 1 is 1.38 bits per heavy atom. The van der Waals surface area contributed by atoms with E-state index in [4.69, 9.17) is 4.74 Å². The van der Waals surface area contributed by atoms with Gasteiger partial charge in [0.2, 0.25) is 0 Å². The Balaban J connectivity index is 2.33. The zero-order valence-electron chi connectivity index (χ0n) is 9.72. The first kappa shape index (κ1) is 11.1. The number of carbonyl (C=O) groups is 1. The van der Waals surface area contributed by atoms with Crippen LogP contribution in [0.4, 0.5) is 5.69 Å². The largest absolute Gasteiger partial charge is 0.377 e. The van der Waals surface area contributed by atoms with E-state index >= 15 is 0 Å². The summed E-state index contributed by atoms with van der Waals surface area (Å²) in [6.07, 6.45) is 0.921. The zero-order chi connectivity index (χ0) is 11.5. The Labute approximate surface area is 96.0 Å². The number of nitrogens with zero attached hydrogens (tertiary/aromatic N) is 1. The van der Waals surface area contributed by atoms with E-state index in [9.17, 15) is 4.79 Å². The van der Waals surface area contributed by atoms with Gasteiger partial charge in [-0.1, -0.05) is 12.1 Å². The van der Waals surface area contributed by atoms with Gasteiger partial charge in [-0.15, -0.1) is 0 Å². The predicted molar refractivity (Wildman–Crippen MR) is 64.1 cm³/mol. The Kier molecular flexibility index (Phi) is 3.25. The van der Waals surface area contributed by atoms with Crippen LogP contribution in [0.1, 0.15) is 24.2 Å². The van der Waals surface area contributed by atoms with E-state index in [1.54, 1.807) is 0 Å². The minimum absolute atomic E-state index is 0.370. The monoisotopic (exact) mass is 219 g/mol. The molecule has 0 unspecified atom stereocenters. The second-order valence-corrected chi connectivity index (χ2v) is 4.37. The molecule has 0 amide bonds. The first-order valence-electron chi connectivity index (χ1n) is 5.64. The average Bonchev–Trinajstić information content (AvgIpc) is 2.22. The molecule has 2 rings (SSSR count). The van der Waals surface area contributed by atoms with Gasteiger partial charge < -0.3 is 9.64 Å². The molecule has 1 heterocycles. The highest BCUT2D eigenvalue weighted by Gasteiger charge is 2.29. The molecule has 0 aliphatic carbocycles. The van der Waals surface area contributed by atoms with Gasteiger partial charge in [0.05, 0.1) is 19.3 Å². The molecule has 0 N–H and O–H groups in total. The second kappa shape index (κ2) is 4.66. The highest BCUT2D eigenvalue weighted by atomic mass is 16.5. The van der Waals surface area contributed by atoms with Gasteiger partial charge >= 0.3 is 0 Å². The number of carbonyl (C=O) groups excluding carboxylic acids is 1. The SMILES string of the molecule is CC(C)N(c1ccccc1C=O)C1COC1. The number of hydrogen-bond acceptors (Lipinski definition) is 3. The molecule has 0 radical (unpaired) electrons. The molecule has 86 valence electrons. The van der Waals surface area contributed by atoms with Crippen LogP contribution >= 0.6 is 0 Å².